The van der Waals surface area contributed by atoms with Gasteiger partial charge in [0.2, 0.25) is 5.95 Å². The molecule has 0 amide bonds. The van der Waals surface area contributed by atoms with Gasteiger partial charge in [-0.1, -0.05) is 23.7 Å². The van der Waals surface area contributed by atoms with Gasteiger partial charge in [0, 0.05) is 11.8 Å². The fraction of sp³-hybridized carbons (Fsp3) is 0.0625. The number of pyridine rings is 1. The van der Waals surface area contributed by atoms with Gasteiger partial charge in [0.25, 0.3) is 0 Å². The van der Waals surface area contributed by atoms with Crippen LogP contribution < -0.4 is 5.32 Å². The molecule has 3 heterocycles. The third-order valence-corrected chi connectivity index (χ3v) is 3.74. The quantitative estimate of drug-likeness (QED) is 0.594. The molecule has 0 atom stereocenters. The van der Waals surface area contributed by atoms with Crippen LogP contribution in [-0.4, -0.2) is 30.1 Å². The second-order valence-electron chi connectivity index (χ2n) is 5.12. The van der Waals surface area contributed by atoms with Crippen molar-refractivity contribution >= 4 is 34.4 Å². The van der Waals surface area contributed by atoms with Gasteiger partial charge in [0.1, 0.15) is 11.6 Å². The molecule has 0 unspecified atom stereocenters. The molecule has 2 N–H and O–H groups in total. The molecule has 0 spiro atoms. The van der Waals surface area contributed by atoms with Crippen molar-refractivity contribution in [1.29, 1.82) is 0 Å². The van der Waals surface area contributed by atoms with Crippen LogP contribution in [-0.2, 0) is 0 Å². The fourth-order valence-electron chi connectivity index (χ4n) is 2.33. The molecule has 0 aliphatic heterocycles. The van der Waals surface area contributed by atoms with Crippen LogP contribution >= 0.6 is 11.6 Å². The molecule has 4 rings (SSSR count). The molecule has 4 aromatic rings. The Morgan fingerprint density at radius 1 is 1.04 bits per heavy atom. The fourth-order valence-corrected chi connectivity index (χ4v) is 2.55. The highest BCUT2D eigenvalue weighted by molar-refractivity contribution is 6.33. The highest BCUT2D eigenvalue weighted by Gasteiger charge is 2.13. The first-order valence-electron chi connectivity index (χ1n) is 7.24. The van der Waals surface area contributed by atoms with E-state index in [9.17, 15) is 0 Å². The normalized spacial score (nSPS) is 10.9. The number of hydrogen-bond donors (Lipinski definition) is 2. The minimum Gasteiger partial charge on any atom is -0.307 e. The van der Waals surface area contributed by atoms with Crippen LogP contribution in [0.2, 0.25) is 5.02 Å². The van der Waals surface area contributed by atoms with Crippen LogP contribution in [0.4, 0.5) is 11.8 Å². The lowest BCUT2D eigenvalue weighted by molar-refractivity contribution is 1.04. The van der Waals surface area contributed by atoms with E-state index in [0.29, 0.717) is 34.1 Å². The highest BCUT2D eigenvalue weighted by Crippen LogP contribution is 2.29. The Bertz CT molecular complexity index is 1030. The van der Waals surface area contributed by atoms with Crippen LogP contribution in [0.25, 0.3) is 22.4 Å². The maximum atomic E-state index is 6.28. The van der Waals surface area contributed by atoms with Gasteiger partial charge < -0.3 is 5.32 Å². The number of fused-ring (bicyclic) bond motifs is 1. The minimum absolute atomic E-state index is 0.432. The highest BCUT2D eigenvalue weighted by atomic mass is 35.5. The molecule has 0 saturated heterocycles. The molecule has 0 aliphatic carbocycles. The summed E-state index contributed by atoms with van der Waals surface area (Å²) in [7, 11) is 0. The summed E-state index contributed by atoms with van der Waals surface area (Å²) in [5.41, 5.74) is 1.30. The third-order valence-electron chi connectivity index (χ3n) is 3.41. The van der Waals surface area contributed by atoms with Crippen LogP contribution in [0, 0.1) is 6.92 Å². The number of rotatable bonds is 3. The van der Waals surface area contributed by atoms with Crippen molar-refractivity contribution in [3.63, 3.8) is 0 Å². The molecule has 0 aliphatic rings. The number of aromatic amines is 1. The summed E-state index contributed by atoms with van der Waals surface area (Å²) in [6.07, 6.45) is 1.69. The number of nitrogens with zero attached hydrogens (tertiary/aromatic N) is 5. The predicted molar refractivity (Wildman–Crippen MR) is 92.2 cm³/mol. The largest absolute Gasteiger partial charge is 0.307 e. The SMILES string of the molecule is Cc1nc(Nc2nc(-c3ccccc3Cl)nc3ncccc23)n[nH]1. The second kappa shape index (κ2) is 5.86. The lowest BCUT2D eigenvalue weighted by atomic mass is 10.2. The number of nitrogens with one attached hydrogen (secondary N) is 2. The van der Waals surface area contributed by atoms with Crippen molar-refractivity contribution in [1.82, 2.24) is 30.1 Å². The summed E-state index contributed by atoms with van der Waals surface area (Å²) in [4.78, 5) is 17.7. The molecular weight excluding hydrogens is 326 g/mol. The van der Waals surface area contributed by atoms with E-state index >= 15 is 0 Å². The minimum atomic E-state index is 0.432. The van der Waals surface area contributed by atoms with E-state index in [-0.39, 0.29) is 0 Å². The third kappa shape index (κ3) is 2.65. The Morgan fingerprint density at radius 3 is 2.71 bits per heavy atom. The zero-order valence-electron chi connectivity index (χ0n) is 12.7. The Kier molecular flexibility index (Phi) is 3.55. The maximum Gasteiger partial charge on any atom is 0.247 e. The molecule has 0 radical (unpaired) electrons. The van der Waals surface area contributed by atoms with Gasteiger partial charge in [0.05, 0.1) is 10.4 Å². The van der Waals surface area contributed by atoms with Gasteiger partial charge >= 0.3 is 0 Å². The van der Waals surface area contributed by atoms with E-state index < -0.39 is 0 Å². The first-order valence-corrected chi connectivity index (χ1v) is 7.62. The van der Waals surface area contributed by atoms with Gasteiger partial charge in [-0.15, -0.1) is 5.10 Å². The summed E-state index contributed by atoms with van der Waals surface area (Å²) in [5, 5.41) is 11.3. The van der Waals surface area contributed by atoms with E-state index in [1.807, 2.05) is 37.3 Å². The van der Waals surface area contributed by atoms with Crippen LogP contribution in [0.3, 0.4) is 0 Å². The van der Waals surface area contributed by atoms with E-state index in [4.69, 9.17) is 11.6 Å². The van der Waals surface area contributed by atoms with Gasteiger partial charge in [-0.3, -0.25) is 5.10 Å². The molecule has 0 saturated carbocycles. The van der Waals surface area contributed by atoms with Crippen LogP contribution in [0.15, 0.2) is 42.6 Å². The molecule has 118 valence electrons. The van der Waals surface area contributed by atoms with Crippen LogP contribution in [0.5, 0.6) is 0 Å². The van der Waals surface area contributed by atoms with E-state index in [0.717, 1.165) is 10.9 Å². The summed E-state index contributed by atoms with van der Waals surface area (Å²) in [6, 6.07) is 11.1. The Hall–Kier alpha value is -3.06. The summed E-state index contributed by atoms with van der Waals surface area (Å²) >= 11 is 6.28. The van der Waals surface area contributed by atoms with E-state index in [2.05, 4.69) is 35.5 Å². The molecule has 0 fully saturated rings. The Labute approximate surface area is 142 Å². The van der Waals surface area contributed by atoms with E-state index in [1.54, 1.807) is 12.3 Å². The van der Waals surface area contributed by atoms with Crippen molar-refractivity contribution in [2.45, 2.75) is 6.92 Å². The van der Waals surface area contributed by atoms with Crippen molar-refractivity contribution in [3.05, 3.63) is 53.4 Å². The topological polar surface area (TPSA) is 92.3 Å². The molecule has 7 nitrogen and oxygen atoms in total. The molecule has 3 aromatic heterocycles. The summed E-state index contributed by atoms with van der Waals surface area (Å²) < 4.78 is 0. The molecular formula is C16H12ClN7. The van der Waals surface area contributed by atoms with Gasteiger partial charge in [-0.2, -0.15) is 4.98 Å². The zero-order chi connectivity index (χ0) is 16.5. The Morgan fingerprint density at radius 2 is 1.92 bits per heavy atom. The number of aryl methyl sites for hydroxylation is 1. The first-order chi connectivity index (χ1) is 11.7. The smallest absolute Gasteiger partial charge is 0.247 e. The average Bonchev–Trinajstić information content (AvgIpc) is 3.00. The van der Waals surface area contributed by atoms with Gasteiger partial charge in [0.15, 0.2) is 11.5 Å². The van der Waals surface area contributed by atoms with Crippen molar-refractivity contribution in [2.75, 3.05) is 5.32 Å². The molecule has 0 bridgehead atoms. The molecule has 1 aromatic carbocycles. The average molecular weight is 338 g/mol. The van der Waals surface area contributed by atoms with Crippen molar-refractivity contribution < 1.29 is 0 Å². The number of H-pyrrole nitrogens is 1. The van der Waals surface area contributed by atoms with Gasteiger partial charge in [-0.25, -0.2) is 15.0 Å². The maximum absolute atomic E-state index is 6.28. The van der Waals surface area contributed by atoms with Crippen LogP contribution in [0.1, 0.15) is 5.82 Å². The number of halogens is 1. The first kappa shape index (κ1) is 14.5. The van der Waals surface area contributed by atoms with Crippen molar-refractivity contribution in [2.24, 2.45) is 0 Å². The molecule has 8 heteroatoms. The zero-order valence-corrected chi connectivity index (χ0v) is 13.4. The number of benzene rings is 1. The standard InChI is InChI=1S/C16H12ClN7/c1-9-19-16(24-23-9)22-15-11-6-4-8-18-13(11)20-14(21-15)10-5-2-3-7-12(10)17/h2-8H,1H3,(H2,18,19,20,21,22,23,24). The number of aromatic nitrogens is 6. The number of anilines is 2. The number of hydrogen-bond acceptors (Lipinski definition) is 6. The lowest BCUT2D eigenvalue weighted by Gasteiger charge is -2.09. The van der Waals surface area contributed by atoms with Gasteiger partial charge in [-0.05, 0) is 31.2 Å². The summed E-state index contributed by atoms with van der Waals surface area (Å²) in [5.74, 6) is 2.20. The monoisotopic (exact) mass is 337 g/mol. The summed E-state index contributed by atoms with van der Waals surface area (Å²) in [6.45, 7) is 1.83. The Balaban J connectivity index is 1.89. The molecule has 24 heavy (non-hydrogen) atoms. The lowest BCUT2D eigenvalue weighted by Crippen LogP contribution is -2.01. The predicted octanol–water partition coefficient (Wildman–Crippen LogP) is 3.52. The second-order valence-corrected chi connectivity index (χ2v) is 5.53. The van der Waals surface area contributed by atoms with E-state index in [1.165, 1.54) is 0 Å². The van der Waals surface area contributed by atoms with Crippen molar-refractivity contribution in [3.8, 4) is 11.4 Å².